The van der Waals surface area contributed by atoms with E-state index in [1.54, 1.807) is 0 Å². The van der Waals surface area contributed by atoms with E-state index in [0.717, 1.165) is 34.2 Å². The molecule has 2 aromatic rings. The van der Waals surface area contributed by atoms with Gasteiger partial charge in [-0.15, -0.1) is 0 Å². The summed E-state index contributed by atoms with van der Waals surface area (Å²) < 4.78 is 0.968. The fourth-order valence-electron chi connectivity index (χ4n) is 2.44. The van der Waals surface area contributed by atoms with Crippen molar-refractivity contribution in [2.45, 2.75) is 6.42 Å². The predicted octanol–water partition coefficient (Wildman–Crippen LogP) is 3.52. The highest BCUT2D eigenvalue weighted by atomic mass is 79.9. The van der Waals surface area contributed by atoms with Crippen molar-refractivity contribution in [3.8, 4) is 0 Å². The average Bonchev–Trinajstić information content (AvgIpc) is 2.69. The van der Waals surface area contributed by atoms with E-state index in [1.165, 1.54) is 23.6 Å². The van der Waals surface area contributed by atoms with Gasteiger partial charge in [-0.1, -0.05) is 0 Å². The van der Waals surface area contributed by atoms with Crippen LogP contribution in [0.2, 0.25) is 0 Å². The van der Waals surface area contributed by atoms with E-state index < -0.39 is 0 Å². The smallest absolute Gasteiger partial charge is 0.0956 e. The lowest BCUT2D eigenvalue weighted by Gasteiger charge is -2.23. The van der Waals surface area contributed by atoms with Crippen molar-refractivity contribution >= 4 is 50.0 Å². The van der Waals surface area contributed by atoms with E-state index >= 15 is 0 Å². The van der Waals surface area contributed by atoms with Crippen LogP contribution < -0.4 is 10.6 Å². The Morgan fingerprint density at radius 3 is 3.05 bits per heavy atom. The normalized spacial score (nSPS) is 16.6. The summed E-state index contributed by atoms with van der Waals surface area (Å²) in [6.07, 6.45) is 3.07. The summed E-state index contributed by atoms with van der Waals surface area (Å²) in [4.78, 5) is 7.01. The quantitative estimate of drug-likeness (QED) is 0.808. The highest BCUT2D eigenvalue weighted by Gasteiger charge is 2.14. The Balaban J connectivity index is 2.10. The molecule has 1 saturated heterocycles. The molecular weight excluding hydrogens is 322 g/mol. The van der Waals surface area contributed by atoms with Crippen molar-refractivity contribution in [3.05, 3.63) is 28.9 Å². The molecule has 3 nitrogen and oxygen atoms in total. The molecule has 3 rings (SSSR count). The molecule has 2 N–H and O–H groups in total. The van der Waals surface area contributed by atoms with Crippen molar-refractivity contribution in [1.29, 1.82) is 0 Å². The van der Waals surface area contributed by atoms with Gasteiger partial charge in [-0.2, -0.15) is 11.8 Å². The molecule has 1 aromatic carbocycles. The highest BCUT2D eigenvalue weighted by Crippen LogP contribution is 2.32. The minimum Gasteiger partial charge on any atom is -0.398 e. The fraction of sp³-hybridized carbons (Fsp3) is 0.357. The Hall–Kier alpha value is -0.940. The first-order chi connectivity index (χ1) is 9.25. The van der Waals surface area contributed by atoms with Crippen LogP contribution in [0, 0.1) is 0 Å². The van der Waals surface area contributed by atoms with Crippen molar-refractivity contribution < 1.29 is 0 Å². The molecule has 1 aliphatic heterocycles. The van der Waals surface area contributed by atoms with Gasteiger partial charge in [0.2, 0.25) is 0 Å². The molecule has 5 heteroatoms. The Morgan fingerprint density at radius 2 is 2.16 bits per heavy atom. The molecule has 0 unspecified atom stereocenters. The monoisotopic (exact) mass is 337 g/mol. The second-order valence-electron chi connectivity index (χ2n) is 4.68. The number of fused-ring (bicyclic) bond motifs is 1. The van der Waals surface area contributed by atoms with E-state index in [9.17, 15) is 0 Å². The second-order valence-corrected chi connectivity index (χ2v) is 6.82. The van der Waals surface area contributed by atoms with Gasteiger partial charge in [0.25, 0.3) is 0 Å². The first kappa shape index (κ1) is 13.1. The average molecular weight is 338 g/mol. The lowest BCUT2D eigenvalue weighted by molar-refractivity contribution is 0.818. The van der Waals surface area contributed by atoms with Gasteiger partial charge in [0.15, 0.2) is 0 Å². The molecule has 0 saturated carbocycles. The zero-order chi connectivity index (χ0) is 13.2. The Morgan fingerprint density at radius 1 is 1.26 bits per heavy atom. The van der Waals surface area contributed by atoms with Crippen LogP contribution >= 0.6 is 27.7 Å². The van der Waals surface area contributed by atoms with Crippen LogP contribution in [0.4, 0.5) is 11.4 Å². The van der Waals surface area contributed by atoms with Crippen LogP contribution in [0.1, 0.15) is 6.42 Å². The maximum Gasteiger partial charge on any atom is 0.0956 e. The van der Waals surface area contributed by atoms with Crippen LogP contribution in [0.3, 0.4) is 0 Å². The zero-order valence-corrected chi connectivity index (χ0v) is 13.0. The number of nitrogens with zero attached hydrogens (tertiary/aromatic N) is 2. The number of anilines is 2. The standard InChI is InChI=1S/C14H16BrN3S/c15-10-8-11-12(16)2-3-13(14(11)17-9-10)18-4-1-6-19-7-5-18/h2-3,8-9H,1,4-7,16H2. The Labute approximate surface area is 125 Å². The number of hydrogen-bond acceptors (Lipinski definition) is 4. The van der Waals surface area contributed by atoms with Crippen LogP contribution in [0.25, 0.3) is 10.9 Å². The van der Waals surface area contributed by atoms with Crippen LogP contribution in [0.5, 0.6) is 0 Å². The predicted molar refractivity (Wildman–Crippen MR) is 88.0 cm³/mol. The molecule has 0 aliphatic carbocycles. The number of aromatic nitrogens is 1. The van der Waals surface area contributed by atoms with Crippen molar-refractivity contribution in [2.24, 2.45) is 0 Å². The van der Waals surface area contributed by atoms with Gasteiger partial charge < -0.3 is 10.6 Å². The number of halogens is 1. The largest absolute Gasteiger partial charge is 0.398 e. The summed E-state index contributed by atoms with van der Waals surface area (Å²) in [5.41, 5.74) is 9.08. The molecule has 2 heterocycles. The van der Waals surface area contributed by atoms with E-state index in [4.69, 9.17) is 5.73 Å². The van der Waals surface area contributed by atoms with Crippen molar-refractivity contribution in [3.63, 3.8) is 0 Å². The van der Waals surface area contributed by atoms with Crippen molar-refractivity contribution in [2.75, 3.05) is 35.2 Å². The first-order valence-corrected chi connectivity index (χ1v) is 8.37. The summed E-state index contributed by atoms with van der Waals surface area (Å²) in [5.74, 6) is 2.44. The summed E-state index contributed by atoms with van der Waals surface area (Å²) in [6.45, 7) is 2.19. The van der Waals surface area contributed by atoms with E-state index in [2.05, 4.69) is 31.9 Å². The number of thioether (sulfide) groups is 1. The molecule has 0 bridgehead atoms. The van der Waals surface area contributed by atoms with Gasteiger partial charge in [0.1, 0.15) is 0 Å². The number of hydrogen-bond donors (Lipinski definition) is 1. The lowest BCUT2D eigenvalue weighted by atomic mass is 10.1. The number of pyridine rings is 1. The highest BCUT2D eigenvalue weighted by molar-refractivity contribution is 9.10. The van der Waals surface area contributed by atoms with Crippen LogP contribution in [0.15, 0.2) is 28.9 Å². The molecule has 0 amide bonds. The van der Waals surface area contributed by atoms with Crippen molar-refractivity contribution in [1.82, 2.24) is 4.98 Å². The number of nitrogen functional groups attached to an aromatic ring is 1. The maximum atomic E-state index is 6.07. The third-order valence-corrected chi connectivity index (χ3v) is 4.87. The van der Waals surface area contributed by atoms with Gasteiger partial charge in [-0.3, -0.25) is 4.98 Å². The molecule has 1 aromatic heterocycles. The SMILES string of the molecule is Nc1ccc(N2CCCSCC2)c2ncc(Br)cc12. The van der Waals surface area contributed by atoms with Gasteiger partial charge in [-0.25, -0.2) is 0 Å². The second kappa shape index (κ2) is 5.59. The summed E-state index contributed by atoms with van der Waals surface area (Å²) in [5, 5.41) is 1.03. The molecule has 1 aliphatic rings. The molecule has 0 radical (unpaired) electrons. The van der Waals surface area contributed by atoms with E-state index in [1.807, 2.05) is 30.1 Å². The van der Waals surface area contributed by atoms with Gasteiger partial charge in [0.05, 0.1) is 11.2 Å². The Bertz CT molecular complexity index is 595. The third kappa shape index (κ3) is 2.67. The maximum absolute atomic E-state index is 6.07. The molecular formula is C14H16BrN3S. The number of nitrogens with two attached hydrogens (primary N) is 1. The number of benzene rings is 1. The summed E-state index contributed by atoms with van der Waals surface area (Å²) in [6, 6.07) is 6.14. The van der Waals surface area contributed by atoms with Crippen LogP contribution in [-0.4, -0.2) is 29.6 Å². The minimum atomic E-state index is 0.789. The van der Waals surface area contributed by atoms with Gasteiger partial charge in [0, 0.05) is 40.6 Å². The number of rotatable bonds is 1. The topological polar surface area (TPSA) is 42.1 Å². The minimum absolute atomic E-state index is 0.789. The fourth-order valence-corrected chi connectivity index (χ4v) is 3.66. The first-order valence-electron chi connectivity index (χ1n) is 6.42. The summed E-state index contributed by atoms with van der Waals surface area (Å²) in [7, 11) is 0. The van der Waals surface area contributed by atoms with Gasteiger partial charge in [-0.05, 0) is 46.3 Å². The van der Waals surface area contributed by atoms with E-state index in [0.29, 0.717) is 0 Å². The van der Waals surface area contributed by atoms with E-state index in [-0.39, 0.29) is 0 Å². The van der Waals surface area contributed by atoms with Crippen LogP contribution in [-0.2, 0) is 0 Å². The molecule has 0 spiro atoms. The third-order valence-electron chi connectivity index (χ3n) is 3.39. The molecule has 19 heavy (non-hydrogen) atoms. The zero-order valence-electron chi connectivity index (χ0n) is 10.6. The summed E-state index contributed by atoms with van der Waals surface area (Å²) >= 11 is 5.50. The lowest BCUT2D eigenvalue weighted by Crippen LogP contribution is -2.25. The molecule has 1 fully saturated rings. The molecule has 100 valence electrons. The molecule has 0 atom stereocenters. The van der Waals surface area contributed by atoms with Gasteiger partial charge >= 0.3 is 0 Å². The Kier molecular flexibility index (Phi) is 3.84.